The van der Waals surface area contributed by atoms with Gasteiger partial charge >= 0.3 is 7.12 Å². The van der Waals surface area contributed by atoms with Gasteiger partial charge in [0.05, 0.1) is 16.8 Å². The maximum atomic E-state index is 6.00. The van der Waals surface area contributed by atoms with Crippen LogP contribution in [0.4, 0.5) is 0 Å². The Bertz CT molecular complexity index is 415. The summed E-state index contributed by atoms with van der Waals surface area (Å²) in [6, 6.07) is 1.95. The Morgan fingerprint density at radius 1 is 1.29 bits per heavy atom. The van der Waals surface area contributed by atoms with Gasteiger partial charge in [0.1, 0.15) is 4.60 Å². The Balaban J connectivity index is 2.31. The maximum Gasteiger partial charge on any atom is 0.514 e. The molecule has 6 heteroatoms. The highest BCUT2D eigenvalue weighted by atomic mass is 79.9. The van der Waals surface area contributed by atoms with Gasteiger partial charge in [-0.25, -0.2) is 0 Å². The molecule has 0 unspecified atom stereocenters. The second kappa shape index (κ2) is 4.11. The standard InChI is InChI=1S/C11H18BBrN2O2/c1-6-15-8(7-9(13)14-15)12-16-10(2,3)11(4,5)17-12/h7H,6H2,1-5H3. The van der Waals surface area contributed by atoms with E-state index in [4.69, 9.17) is 9.31 Å². The Hall–Kier alpha value is -0.325. The number of aromatic nitrogens is 2. The van der Waals surface area contributed by atoms with Gasteiger partial charge in [-0.1, -0.05) is 0 Å². The number of hydrogen-bond acceptors (Lipinski definition) is 3. The first kappa shape index (κ1) is 13.1. The highest BCUT2D eigenvalue weighted by Gasteiger charge is 2.52. The van der Waals surface area contributed by atoms with E-state index >= 15 is 0 Å². The minimum absolute atomic E-state index is 0.313. The first-order valence-corrected chi connectivity index (χ1v) is 6.65. The normalized spacial score (nSPS) is 22.1. The van der Waals surface area contributed by atoms with Gasteiger partial charge in [0.2, 0.25) is 0 Å². The van der Waals surface area contributed by atoms with Crippen molar-refractivity contribution in [2.45, 2.75) is 52.4 Å². The van der Waals surface area contributed by atoms with E-state index < -0.39 is 0 Å². The van der Waals surface area contributed by atoms with Crippen molar-refractivity contribution in [3.05, 3.63) is 10.7 Å². The van der Waals surface area contributed by atoms with Crippen LogP contribution in [-0.4, -0.2) is 28.1 Å². The van der Waals surface area contributed by atoms with Gasteiger partial charge in [-0.3, -0.25) is 4.68 Å². The van der Waals surface area contributed by atoms with Crippen LogP contribution in [0.25, 0.3) is 0 Å². The molecule has 4 nitrogen and oxygen atoms in total. The quantitative estimate of drug-likeness (QED) is 0.784. The van der Waals surface area contributed by atoms with Crippen LogP contribution < -0.4 is 5.59 Å². The van der Waals surface area contributed by atoms with Crippen molar-refractivity contribution in [2.24, 2.45) is 0 Å². The van der Waals surface area contributed by atoms with Gasteiger partial charge in [-0.15, -0.1) is 0 Å². The van der Waals surface area contributed by atoms with Crippen LogP contribution in [0.15, 0.2) is 10.7 Å². The summed E-state index contributed by atoms with van der Waals surface area (Å²) < 4.78 is 14.7. The number of halogens is 1. The molecule has 0 saturated carbocycles. The molecule has 0 N–H and O–H groups in total. The smallest absolute Gasteiger partial charge is 0.398 e. The van der Waals surface area contributed by atoms with Crippen molar-refractivity contribution in [3.8, 4) is 0 Å². The summed E-state index contributed by atoms with van der Waals surface area (Å²) >= 11 is 3.38. The van der Waals surface area contributed by atoms with Gasteiger partial charge in [-0.05, 0) is 56.6 Å². The molecule has 0 atom stereocenters. The summed E-state index contributed by atoms with van der Waals surface area (Å²) in [6.07, 6.45) is 0. The minimum Gasteiger partial charge on any atom is -0.398 e. The molecule has 1 aliphatic rings. The monoisotopic (exact) mass is 300 g/mol. The van der Waals surface area contributed by atoms with Crippen molar-refractivity contribution in [3.63, 3.8) is 0 Å². The predicted octanol–water partition coefficient (Wildman–Crippen LogP) is 1.96. The molecule has 1 aromatic rings. The molecule has 1 aromatic heterocycles. The largest absolute Gasteiger partial charge is 0.514 e. The Morgan fingerprint density at radius 2 is 1.82 bits per heavy atom. The van der Waals surface area contributed by atoms with Crippen molar-refractivity contribution in [1.29, 1.82) is 0 Å². The first-order valence-electron chi connectivity index (χ1n) is 5.86. The molecule has 0 bridgehead atoms. The van der Waals surface area contributed by atoms with Crippen LogP contribution in [0.2, 0.25) is 0 Å². The van der Waals surface area contributed by atoms with E-state index in [0.29, 0.717) is 0 Å². The second-order valence-electron chi connectivity index (χ2n) is 5.30. The van der Waals surface area contributed by atoms with Crippen molar-refractivity contribution >= 4 is 28.6 Å². The van der Waals surface area contributed by atoms with Crippen LogP contribution in [0.3, 0.4) is 0 Å². The second-order valence-corrected chi connectivity index (χ2v) is 6.11. The van der Waals surface area contributed by atoms with Gasteiger partial charge in [0.25, 0.3) is 0 Å². The summed E-state index contributed by atoms with van der Waals surface area (Å²) in [4.78, 5) is 0. The Kier molecular flexibility index (Phi) is 3.17. The lowest BCUT2D eigenvalue weighted by atomic mass is 9.85. The van der Waals surface area contributed by atoms with Crippen molar-refractivity contribution in [2.75, 3.05) is 0 Å². The van der Waals surface area contributed by atoms with Gasteiger partial charge in [0.15, 0.2) is 0 Å². The number of aryl methyl sites for hydroxylation is 1. The highest BCUT2D eigenvalue weighted by molar-refractivity contribution is 9.10. The fourth-order valence-electron chi connectivity index (χ4n) is 1.81. The van der Waals surface area contributed by atoms with E-state index in [1.807, 2.05) is 17.7 Å². The molecule has 2 rings (SSSR count). The predicted molar refractivity (Wildman–Crippen MR) is 71.3 cm³/mol. The summed E-state index contributed by atoms with van der Waals surface area (Å²) in [6.45, 7) is 11.0. The van der Waals surface area contributed by atoms with Crippen LogP contribution in [-0.2, 0) is 15.9 Å². The number of nitrogens with zero attached hydrogens (tertiary/aromatic N) is 2. The molecular weight excluding hydrogens is 283 g/mol. The molecule has 2 heterocycles. The van der Waals surface area contributed by atoms with Crippen LogP contribution >= 0.6 is 15.9 Å². The van der Waals surface area contributed by atoms with Gasteiger partial charge in [-0.2, -0.15) is 5.10 Å². The van der Waals surface area contributed by atoms with Crippen molar-refractivity contribution < 1.29 is 9.31 Å². The average molecular weight is 301 g/mol. The molecule has 0 spiro atoms. The topological polar surface area (TPSA) is 36.3 Å². The zero-order valence-corrected chi connectivity index (χ0v) is 12.5. The van der Waals surface area contributed by atoms with Crippen LogP contribution in [0.1, 0.15) is 34.6 Å². The number of rotatable bonds is 2. The fraction of sp³-hybridized carbons (Fsp3) is 0.727. The number of hydrogen-bond donors (Lipinski definition) is 0. The SMILES string of the molecule is CCn1nc(Br)cc1B1OC(C)(C)C(C)(C)O1. The molecule has 94 valence electrons. The molecule has 17 heavy (non-hydrogen) atoms. The van der Waals surface area contributed by atoms with Crippen LogP contribution in [0, 0.1) is 0 Å². The summed E-state index contributed by atoms with van der Waals surface area (Å²) in [5.41, 5.74) is 0.331. The zero-order chi connectivity index (χ0) is 12.8. The molecule has 0 aliphatic carbocycles. The van der Waals surface area contributed by atoms with E-state index in [-0.39, 0.29) is 18.3 Å². The van der Waals surface area contributed by atoms with E-state index in [1.165, 1.54) is 0 Å². The van der Waals surface area contributed by atoms with E-state index in [1.54, 1.807) is 0 Å². The van der Waals surface area contributed by atoms with Crippen molar-refractivity contribution in [1.82, 2.24) is 9.78 Å². The summed E-state index contributed by atoms with van der Waals surface area (Å²) in [7, 11) is -0.348. The molecule has 1 fully saturated rings. The molecular formula is C11H18BBrN2O2. The highest BCUT2D eigenvalue weighted by Crippen LogP contribution is 2.36. The van der Waals surface area contributed by atoms with E-state index in [2.05, 4.69) is 48.7 Å². The molecule has 1 saturated heterocycles. The van der Waals surface area contributed by atoms with Gasteiger partial charge < -0.3 is 9.31 Å². The lowest BCUT2D eigenvalue weighted by molar-refractivity contribution is 0.00578. The minimum atomic E-state index is -0.348. The molecule has 1 aliphatic heterocycles. The Labute approximate surface area is 111 Å². The summed E-state index contributed by atoms with van der Waals surface area (Å²) in [5.74, 6) is 0. The fourth-order valence-corrected chi connectivity index (χ4v) is 2.23. The molecule has 0 aromatic carbocycles. The van der Waals surface area contributed by atoms with E-state index in [9.17, 15) is 0 Å². The third-order valence-corrected chi connectivity index (χ3v) is 3.96. The zero-order valence-electron chi connectivity index (χ0n) is 11.0. The van der Waals surface area contributed by atoms with Gasteiger partial charge in [0, 0.05) is 6.54 Å². The molecule has 0 radical (unpaired) electrons. The lowest BCUT2D eigenvalue weighted by Gasteiger charge is -2.32. The summed E-state index contributed by atoms with van der Waals surface area (Å²) in [5, 5.41) is 4.34. The van der Waals surface area contributed by atoms with E-state index in [0.717, 1.165) is 16.7 Å². The average Bonchev–Trinajstić information content (AvgIpc) is 2.65. The third kappa shape index (κ3) is 2.18. The van der Waals surface area contributed by atoms with Crippen LogP contribution in [0.5, 0.6) is 0 Å². The molecule has 0 amide bonds. The Morgan fingerprint density at radius 3 is 2.29 bits per heavy atom. The maximum absolute atomic E-state index is 6.00. The first-order chi connectivity index (χ1) is 7.77. The third-order valence-electron chi connectivity index (χ3n) is 3.58. The lowest BCUT2D eigenvalue weighted by Crippen LogP contribution is -2.41.